The molecule has 1 amide bonds. The minimum absolute atomic E-state index is 0.0645. The number of carbonyl (C=O) groups excluding carboxylic acids is 1. The molecule has 0 radical (unpaired) electrons. The number of amides is 1. The lowest BCUT2D eigenvalue weighted by molar-refractivity contribution is -0.115. The Hall–Kier alpha value is -2.87. The van der Waals surface area contributed by atoms with Gasteiger partial charge in [0.05, 0.1) is 23.5 Å². The lowest BCUT2D eigenvalue weighted by Gasteiger charge is -2.07. The lowest BCUT2D eigenvalue weighted by Crippen LogP contribution is -2.10. The molecule has 5 heteroatoms. The number of carbonyl (C=O) groups is 1. The summed E-state index contributed by atoms with van der Waals surface area (Å²) in [6, 6.07) is 12.8. The second-order valence-corrected chi connectivity index (χ2v) is 4.15. The summed E-state index contributed by atoms with van der Waals surface area (Å²) in [5, 5.41) is 14.6. The highest BCUT2D eigenvalue weighted by molar-refractivity contribution is 5.89. The van der Waals surface area contributed by atoms with Crippen molar-refractivity contribution in [1.29, 1.82) is 5.26 Å². The molecule has 0 atom stereocenters. The first-order valence-corrected chi connectivity index (χ1v) is 6.24. The molecular weight excluding hydrogens is 252 g/mol. The van der Waals surface area contributed by atoms with E-state index in [1.807, 2.05) is 18.2 Å². The summed E-state index contributed by atoms with van der Waals surface area (Å²) in [6.45, 7) is 1.79. The molecule has 2 rings (SSSR count). The van der Waals surface area contributed by atoms with Gasteiger partial charge in [-0.05, 0) is 36.4 Å². The quantitative estimate of drug-likeness (QED) is 0.891. The summed E-state index contributed by atoms with van der Waals surface area (Å²) in [5.41, 5.74) is 2.30. The fraction of sp³-hybridized carbons (Fsp3) is 0.133. The maximum atomic E-state index is 11.2. The zero-order valence-electron chi connectivity index (χ0n) is 11.1. The smallest absolute Gasteiger partial charge is 0.225 e. The van der Waals surface area contributed by atoms with Gasteiger partial charge in [-0.3, -0.25) is 4.79 Å². The molecule has 0 aliphatic carbocycles. The first-order chi connectivity index (χ1) is 9.71. The molecule has 20 heavy (non-hydrogen) atoms. The zero-order chi connectivity index (χ0) is 14.4. The van der Waals surface area contributed by atoms with E-state index in [1.54, 1.807) is 31.3 Å². The lowest BCUT2D eigenvalue weighted by atomic mass is 10.2. The monoisotopic (exact) mass is 266 g/mol. The molecule has 2 aromatic rings. The standard InChI is InChI=1S/C15H14N4O/c1-2-15(20)19-14-8-7-13(10-17-14)18-12-5-3-11(9-16)4-6-12/h3-8,10,18H,2H2,1H3,(H,17,19,20). The SMILES string of the molecule is CCC(=O)Nc1ccc(Nc2ccc(C#N)cc2)cn1. The third-order valence-electron chi connectivity index (χ3n) is 2.65. The van der Waals surface area contributed by atoms with Crippen molar-refractivity contribution < 1.29 is 4.79 Å². The molecule has 1 aromatic carbocycles. The van der Waals surface area contributed by atoms with Crippen molar-refractivity contribution in [3.05, 3.63) is 48.2 Å². The van der Waals surface area contributed by atoms with Gasteiger partial charge in [-0.1, -0.05) is 6.92 Å². The molecule has 2 N–H and O–H groups in total. The van der Waals surface area contributed by atoms with Crippen LogP contribution in [0.4, 0.5) is 17.2 Å². The van der Waals surface area contributed by atoms with Crippen LogP contribution in [0.25, 0.3) is 0 Å². The first kappa shape index (κ1) is 13.6. The molecule has 100 valence electrons. The molecule has 0 bridgehead atoms. The third kappa shape index (κ3) is 3.56. The number of aromatic nitrogens is 1. The highest BCUT2D eigenvalue weighted by Crippen LogP contribution is 2.17. The topological polar surface area (TPSA) is 77.8 Å². The van der Waals surface area contributed by atoms with Gasteiger partial charge < -0.3 is 10.6 Å². The molecule has 0 saturated carbocycles. The van der Waals surface area contributed by atoms with Crippen molar-refractivity contribution in [2.45, 2.75) is 13.3 Å². The number of rotatable bonds is 4. The summed E-state index contributed by atoms with van der Waals surface area (Å²) in [6.07, 6.45) is 2.07. The van der Waals surface area contributed by atoms with Crippen LogP contribution < -0.4 is 10.6 Å². The van der Waals surface area contributed by atoms with Crippen molar-refractivity contribution in [3.8, 4) is 6.07 Å². The van der Waals surface area contributed by atoms with Gasteiger partial charge in [0.15, 0.2) is 0 Å². The highest BCUT2D eigenvalue weighted by atomic mass is 16.1. The van der Waals surface area contributed by atoms with Crippen LogP contribution in [0.2, 0.25) is 0 Å². The van der Waals surface area contributed by atoms with E-state index < -0.39 is 0 Å². The molecule has 5 nitrogen and oxygen atoms in total. The molecule has 0 aliphatic heterocycles. The number of nitriles is 1. The van der Waals surface area contributed by atoms with E-state index in [-0.39, 0.29) is 5.91 Å². The molecule has 1 heterocycles. The summed E-state index contributed by atoms with van der Waals surface area (Å²) >= 11 is 0. The van der Waals surface area contributed by atoms with Crippen LogP contribution in [0, 0.1) is 11.3 Å². The van der Waals surface area contributed by atoms with Crippen molar-refractivity contribution in [2.75, 3.05) is 10.6 Å². The zero-order valence-corrected chi connectivity index (χ0v) is 11.1. The van der Waals surface area contributed by atoms with Crippen LogP contribution in [0.1, 0.15) is 18.9 Å². The van der Waals surface area contributed by atoms with Crippen LogP contribution in [0.3, 0.4) is 0 Å². The Morgan fingerprint density at radius 3 is 2.45 bits per heavy atom. The number of benzene rings is 1. The number of pyridine rings is 1. The van der Waals surface area contributed by atoms with E-state index in [9.17, 15) is 4.79 Å². The number of hydrogen-bond acceptors (Lipinski definition) is 4. The average molecular weight is 266 g/mol. The fourth-order valence-corrected chi connectivity index (χ4v) is 1.57. The summed E-state index contributed by atoms with van der Waals surface area (Å²) < 4.78 is 0. The Labute approximate surface area is 117 Å². The van der Waals surface area contributed by atoms with Gasteiger partial charge in [0.2, 0.25) is 5.91 Å². The van der Waals surface area contributed by atoms with Gasteiger partial charge in [0.25, 0.3) is 0 Å². The molecule has 0 spiro atoms. The van der Waals surface area contributed by atoms with E-state index in [4.69, 9.17) is 5.26 Å². The number of hydrogen-bond donors (Lipinski definition) is 2. The van der Waals surface area contributed by atoms with Gasteiger partial charge in [-0.25, -0.2) is 4.98 Å². The van der Waals surface area contributed by atoms with E-state index >= 15 is 0 Å². The van der Waals surface area contributed by atoms with E-state index in [0.717, 1.165) is 11.4 Å². The van der Waals surface area contributed by atoms with E-state index in [2.05, 4.69) is 21.7 Å². The van der Waals surface area contributed by atoms with Crippen LogP contribution >= 0.6 is 0 Å². The Bertz CT molecular complexity index is 626. The number of anilines is 3. The second kappa shape index (κ2) is 6.34. The predicted octanol–water partition coefficient (Wildman–Crippen LogP) is 3.05. The van der Waals surface area contributed by atoms with Gasteiger partial charge in [-0.2, -0.15) is 5.26 Å². The van der Waals surface area contributed by atoms with Gasteiger partial charge in [0.1, 0.15) is 5.82 Å². The minimum atomic E-state index is -0.0645. The Morgan fingerprint density at radius 1 is 1.20 bits per heavy atom. The minimum Gasteiger partial charge on any atom is -0.354 e. The summed E-state index contributed by atoms with van der Waals surface area (Å²) in [4.78, 5) is 15.4. The van der Waals surface area contributed by atoms with E-state index in [0.29, 0.717) is 17.8 Å². The normalized spacial score (nSPS) is 9.60. The predicted molar refractivity (Wildman–Crippen MR) is 77.6 cm³/mol. The maximum Gasteiger partial charge on any atom is 0.225 e. The van der Waals surface area contributed by atoms with Gasteiger partial charge in [-0.15, -0.1) is 0 Å². The van der Waals surface area contributed by atoms with Crippen molar-refractivity contribution >= 4 is 23.1 Å². The van der Waals surface area contributed by atoms with Gasteiger partial charge >= 0.3 is 0 Å². The first-order valence-electron chi connectivity index (χ1n) is 6.24. The highest BCUT2D eigenvalue weighted by Gasteiger charge is 2.00. The van der Waals surface area contributed by atoms with Crippen LogP contribution in [-0.4, -0.2) is 10.9 Å². The third-order valence-corrected chi connectivity index (χ3v) is 2.65. The van der Waals surface area contributed by atoms with E-state index in [1.165, 1.54) is 0 Å². The Balaban J connectivity index is 2.03. The molecule has 0 aliphatic rings. The number of nitrogens with zero attached hydrogens (tertiary/aromatic N) is 2. The van der Waals surface area contributed by atoms with Crippen molar-refractivity contribution in [2.24, 2.45) is 0 Å². The summed E-state index contributed by atoms with van der Waals surface area (Å²) in [7, 11) is 0. The van der Waals surface area contributed by atoms with Crippen LogP contribution in [0.5, 0.6) is 0 Å². The maximum absolute atomic E-state index is 11.2. The van der Waals surface area contributed by atoms with Crippen LogP contribution in [0.15, 0.2) is 42.6 Å². The number of nitrogens with one attached hydrogen (secondary N) is 2. The molecular formula is C15H14N4O. The van der Waals surface area contributed by atoms with Crippen molar-refractivity contribution in [1.82, 2.24) is 4.98 Å². The molecule has 0 fully saturated rings. The molecule has 0 unspecified atom stereocenters. The average Bonchev–Trinajstić information content (AvgIpc) is 2.50. The second-order valence-electron chi connectivity index (χ2n) is 4.15. The molecule has 1 aromatic heterocycles. The fourth-order valence-electron chi connectivity index (χ4n) is 1.57. The van der Waals surface area contributed by atoms with Gasteiger partial charge in [0, 0.05) is 12.1 Å². The summed E-state index contributed by atoms with van der Waals surface area (Å²) in [5.74, 6) is 0.465. The largest absolute Gasteiger partial charge is 0.354 e. The van der Waals surface area contributed by atoms with Crippen LogP contribution in [-0.2, 0) is 4.79 Å². The Kier molecular flexibility index (Phi) is 4.30. The Morgan fingerprint density at radius 2 is 1.90 bits per heavy atom. The molecule has 0 saturated heterocycles. The van der Waals surface area contributed by atoms with Crippen molar-refractivity contribution in [3.63, 3.8) is 0 Å².